The zero-order chi connectivity index (χ0) is 25.5. The molecule has 8 nitrogen and oxygen atoms in total. The lowest BCUT2D eigenvalue weighted by atomic mass is 10.0. The number of methoxy groups -OCH3 is 1. The van der Waals surface area contributed by atoms with Gasteiger partial charge in [-0.25, -0.2) is 0 Å². The zero-order valence-electron chi connectivity index (χ0n) is 19.8. The molecule has 0 spiro atoms. The summed E-state index contributed by atoms with van der Waals surface area (Å²) in [5.74, 6) is 0.970. The quantitative estimate of drug-likeness (QED) is 0.338. The molecule has 0 aliphatic carbocycles. The van der Waals surface area contributed by atoms with Crippen molar-refractivity contribution in [2.24, 2.45) is 13.0 Å². The number of halogens is 2. The fourth-order valence-electron chi connectivity index (χ4n) is 3.43. The van der Waals surface area contributed by atoms with Gasteiger partial charge in [0.25, 0.3) is 5.91 Å². The van der Waals surface area contributed by atoms with Crippen molar-refractivity contribution in [1.82, 2.24) is 20.1 Å². The van der Waals surface area contributed by atoms with Gasteiger partial charge in [-0.1, -0.05) is 60.9 Å². The van der Waals surface area contributed by atoms with Crippen molar-refractivity contribution >= 4 is 52.5 Å². The number of thioether (sulfide) groups is 1. The first-order valence-corrected chi connectivity index (χ1v) is 12.6. The Bertz CT molecular complexity index is 1200. The molecule has 0 saturated heterocycles. The maximum atomic E-state index is 12.9. The van der Waals surface area contributed by atoms with E-state index in [2.05, 4.69) is 34.7 Å². The number of nitrogens with one attached hydrogen (secondary N) is 2. The molecular weight excluding hydrogens is 509 g/mol. The van der Waals surface area contributed by atoms with E-state index in [-0.39, 0.29) is 29.5 Å². The van der Waals surface area contributed by atoms with Crippen molar-refractivity contribution in [3.63, 3.8) is 0 Å². The van der Waals surface area contributed by atoms with E-state index in [1.54, 1.807) is 47.0 Å². The molecule has 3 aromatic rings. The van der Waals surface area contributed by atoms with Crippen LogP contribution in [0.2, 0.25) is 10.0 Å². The Kier molecular flexibility index (Phi) is 9.42. The summed E-state index contributed by atoms with van der Waals surface area (Å²) < 4.78 is 7.06. The highest BCUT2D eigenvalue weighted by molar-refractivity contribution is 7.99. The molecule has 1 heterocycles. The minimum Gasteiger partial charge on any atom is -0.495 e. The summed E-state index contributed by atoms with van der Waals surface area (Å²) in [5.41, 5.74) is 0.886. The van der Waals surface area contributed by atoms with E-state index < -0.39 is 0 Å². The van der Waals surface area contributed by atoms with Crippen LogP contribution in [-0.4, -0.2) is 39.4 Å². The Labute approximate surface area is 218 Å². The summed E-state index contributed by atoms with van der Waals surface area (Å²) in [7, 11) is 3.33. The molecule has 0 radical (unpaired) electrons. The smallest absolute Gasteiger partial charge is 0.253 e. The third-order valence-corrected chi connectivity index (χ3v) is 6.66. The molecular formula is C24H27Cl2N5O3S. The van der Waals surface area contributed by atoms with Gasteiger partial charge >= 0.3 is 0 Å². The minimum absolute atomic E-state index is 0.0997. The molecule has 0 aliphatic heterocycles. The van der Waals surface area contributed by atoms with Crippen molar-refractivity contribution in [1.29, 1.82) is 0 Å². The van der Waals surface area contributed by atoms with E-state index in [0.29, 0.717) is 44.4 Å². The SMILES string of the molecule is COc1ccc(Cl)cc1NC(=O)CSc1nnc([C@@H](CC(C)C)NC(=O)c2ccccc2Cl)n1C. The number of amides is 2. The Hall–Kier alpha value is -2.75. The number of ether oxygens (including phenoxy) is 1. The average molecular weight is 536 g/mol. The van der Waals surface area contributed by atoms with Crippen LogP contribution in [-0.2, 0) is 11.8 Å². The predicted octanol–water partition coefficient (Wildman–Crippen LogP) is 5.38. The largest absolute Gasteiger partial charge is 0.495 e. The van der Waals surface area contributed by atoms with Gasteiger partial charge in [0.2, 0.25) is 5.91 Å². The molecule has 0 aliphatic rings. The summed E-state index contributed by atoms with van der Waals surface area (Å²) in [6.45, 7) is 4.13. The normalized spacial score (nSPS) is 11.9. The highest BCUT2D eigenvalue weighted by Gasteiger charge is 2.24. The third kappa shape index (κ3) is 7.13. The highest BCUT2D eigenvalue weighted by atomic mass is 35.5. The summed E-state index contributed by atoms with van der Waals surface area (Å²) in [6, 6.07) is 11.5. The van der Waals surface area contributed by atoms with Crippen LogP contribution >= 0.6 is 35.0 Å². The van der Waals surface area contributed by atoms with Crippen molar-refractivity contribution in [3.05, 3.63) is 63.9 Å². The number of anilines is 1. The van der Waals surface area contributed by atoms with Gasteiger partial charge in [-0.3, -0.25) is 9.59 Å². The number of hydrogen-bond acceptors (Lipinski definition) is 6. The molecule has 2 amide bonds. The zero-order valence-corrected chi connectivity index (χ0v) is 22.2. The molecule has 186 valence electrons. The van der Waals surface area contributed by atoms with Gasteiger partial charge in [0, 0.05) is 12.1 Å². The molecule has 0 fully saturated rings. The lowest BCUT2D eigenvalue weighted by molar-refractivity contribution is -0.113. The topological polar surface area (TPSA) is 98.1 Å². The predicted molar refractivity (Wildman–Crippen MR) is 139 cm³/mol. The number of carbonyl (C=O) groups excluding carboxylic acids is 2. The summed E-state index contributed by atoms with van der Waals surface area (Å²) in [5, 5.41) is 15.8. The first kappa shape index (κ1) is 26.8. The second kappa shape index (κ2) is 12.3. The van der Waals surface area contributed by atoms with Crippen molar-refractivity contribution < 1.29 is 14.3 Å². The Morgan fingerprint density at radius 3 is 2.57 bits per heavy atom. The van der Waals surface area contributed by atoms with E-state index in [0.717, 1.165) is 0 Å². The number of carbonyl (C=O) groups is 2. The van der Waals surface area contributed by atoms with Crippen LogP contribution in [0.25, 0.3) is 0 Å². The fraction of sp³-hybridized carbons (Fsp3) is 0.333. The maximum Gasteiger partial charge on any atom is 0.253 e. The fourth-order valence-corrected chi connectivity index (χ4v) is 4.54. The van der Waals surface area contributed by atoms with Gasteiger partial charge in [0.05, 0.1) is 35.2 Å². The van der Waals surface area contributed by atoms with Crippen LogP contribution in [0.3, 0.4) is 0 Å². The molecule has 1 aromatic heterocycles. The second-order valence-corrected chi connectivity index (χ2v) is 10.0. The minimum atomic E-state index is -0.379. The number of nitrogens with zero attached hydrogens (tertiary/aromatic N) is 3. The van der Waals surface area contributed by atoms with Crippen LogP contribution < -0.4 is 15.4 Å². The molecule has 3 rings (SSSR count). The second-order valence-electron chi connectivity index (χ2n) is 8.22. The van der Waals surface area contributed by atoms with Crippen molar-refractivity contribution in [3.8, 4) is 5.75 Å². The molecule has 0 unspecified atom stereocenters. The van der Waals surface area contributed by atoms with Crippen LogP contribution in [0.15, 0.2) is 47.6 Å². The van der Waals surface area contributed by atoms with Crippen LogP contribution in [0.5, 0.6) is 5.75 Å². The van der Waals surface area contributed by atoms with E-state index in [9.17, 15) is 9.59 Å². The summed E-state index contributed by atoms with van der Waals surface area (Å²) in [6.07, 6.45) is 0.655. The molecule has 11 heteroatoms. The first-order chi connectivity index (χ1) is 16.7. The highest BCUT2D eigenvalue weighted by Crippen LogP contribution is 2.29. The van der Waals surface area contributed by atoms with Gasteiger partial charge in [-0.05, 0) is 42.7 Å². The van der Waals surface area contributed by atoms with Crippen LogP contribution in [0.4, 0.5) is 5.69 Å². The molecule has 2 N–H and O–H groups in total. The number of benzene rings is 2. The molecule has 0 saturated carbocycles. The monoisotopic (exact) mass is 535 g/mol. The first-order valence-electron chi connectivity index (χ1n) is 10.9. The third-order valence-electron chi connectivity index (χ3n) is 5.08. The molecule has 1 atom stereocenters. The lowest BCUT2D eigenvalue weighted by Gasteiger charge is -2.20. The number of hydrogen-bond donors (Lipinski definition) is 2. The summed E-state index contributed by atoms with van der Waals surface area (Å²) >= 11 is 13.5. The van der Waals surface area contributed by atoms with Gasteiger partial charge in [0.15, 0.2) is 11.0 Å². The summed E-state index contributed by atoms with van der Waals surface area (Å²) in [4.78, 5) is 25.4. The van der Waals surface area contributed by atoms with Gasteiger partial charge in [0.1, 0.15) is 5.75 Å². The maximum absolute atomic E-state index is 12.9. The molecule has 0 bridgehead atoms. The van der Waals surface area contributed by atoms with Crippen molar-refractivity contribution in [2.45, 2.75) is 31.5 Å². The van der Waals surface area contributed by atoms with Gasteiger partial charge in [-0.15, -0.1) is 10.2 Å². The number of aromatic nitrogens is 3. The molecule has 2 aromatic carbocycles. The van der Waals surface area contributed by atoms with E-state index in [1.807, 2.05) is 7.05 Å². The molecule has 35 heavy (non-hydrogen) atoms. The van der Waals surface area contributed by atoms with Crippen molar-refractivity contribution in [2.75, 3.05) is 18.2 Å². The Morgan fingerprint density at radius 2 is 1.89 bits per heavy atom. The van der Waals surface area contributed by atoms with E-state index in [1.165, 1.54) is 18.9 Å². The van der Waals surface area contributed by atoms with Crippen LogP contribution in [0, 0.1) is 5.92 Å². The Balaban J connectivity index is 1.70. The van der Waals surface area contributed by atoms with E-state index >= 15 is 0 Å². The van der Waals surface area contributed by atoms with Gasteiger partial charge < -0.3 is 19.9 Å². The van der Waals surface area contributed by atoms with Crippen LogP contribution in [0.1, 0.15) is 42.5 Å². The number of rotatable bonds is 10. The standard InChI is InChI=1S/C24H27Cl2N5O3S/c1-14(2)11-19(28-23(33)16-7-5-6-8-17(16)26)22-29-30-24(31(22)3)35-13-21(32)27-18-12-15(25)9-10-20(18)34-4/h5-10,12,14,19H,11,13H2,1-4H3,(H,27,32)(H,28,33)/t19-/m1/s1. The average Bonchev–Trinajstić information content (AvgIpc) is 3.17. The lowest BCUT2D eigenvalue weighted by Crippen LogP contribution is -2.31. The Morgan fingerprint density at radius 1 is 1.14 bits per heavy atom. The van der Waals surface area contributed by atoms with Gasteiger partial charge in [-0.2, -0.15) is 0 Å². The van der Waals surface area contributed by atoms with E-state index in [4.69, 9.17) is 27.9 Å².